The molecule has 96 valence electrons. The number of aliphatic hydroxyl groups is 1. The number of imidazole rings is 1. The molecule has 1 aromatic carbocycles. The van der Waals surface area contributed by atoms with Crippen molar-refractivity contribution in [2.75, 3.05) is 0 Å². The maximum atomic E-state index is 10.8. The molecule has 1 heterocycles. The topological polar surface area (TPSA) is 81.1 Å². The first-order valence-corrected chi connectivity index (χ1v) is 6.02. The Morgan fingerprint density at radius 3 is 2.89 bits per heavy atom. The van der Waals surface area contributed by atoms with E-state index in [0.29, 0.717) is 6.54 Å². The van der Waals surface area contributed by atoms with Crippen LogP contribution >= 0.6 is 0 Å². The van der Waals surface area contributed by atoms with E-state index in [1.807, 2.05) is 35.8 Å². The average Bonchev–Trinajstić information content (AvgIpc) is 2.66. The van der Waals surface area contributed by atoms with Crippen LogP contribution in [0.25, 0.3) is 11.0 Å². The Kier molecular flexibility index (Phi) is 3.62. The maximum Gasteiger partial charge on any atom is 0.220 e. The standard InChI is InChI=1S/C13H17N3O2/c1-2-13-15-10-5-3-4-6-11(10)16(13)8-9(17)7-12(14)18/h3-6,9,17H,2,7-8H2,1H3,(H2,14,18). The predicted molar refractivity (Wildman–Crippen MR) is 68.9 cm³/mol. The van der Waals surface area contributed by atoms with Crippen LogP contribution in [0, 0.1) is 0 Å². The fourth-order valence-electron chi connectivity index (χ4n) is 2.11. The molecule has 2 rings (SSSR count). The van der Waals surface area contributed by atoms with Crippen LogP contribution in [-0.2, 0) is 17.8 Å². The zero-order chi connectivity index (χ0) is 13.1. The molecule has 1 amide bonds. The van der Waals surface area contributed by atoms with Crippen LogP contribution in [0.3, 0.4) is 0 Å². The van der Waals surface area contributed by atoms with Gasteiger partial charge in [-0.1, -0.05) is 19.1 Å². The van der Waals surface area contributed by atoms with E-state index in [1.165, 1.54) is 0 Å². The minimum Gasteiger partial charge on any atom is -0.391 e. The van der Waals surface area contributed by atoms with Gasteiger partial charge >= 0.3 is 0 Å². The van der Waals surface area contributed by atoms with E-state index in [-0.39, 0.29) is 6.42 Å². The number of carbonyl (C=O) groups is 1. The highest BCUT2D eigenvalue weighted by Gasteiger charge is 2.14. The smallest absolute Gasteiger partial charge is 0.220 e. The van der Waals surface area contributed by atoms with Gasteiger partial charge in [0.15, 0.2) is 0 Å². The summed E-state index contributed by atoms with van der Waals surface area (Å²) in [5.74, 6) is 0.407. The van der Waals surface area contributed by atoms with Crippen LogP contribution in [0.15, 0.2) is 24.3 Å². The lowest BCUT2D eigenvalue weighted by atomic mass is 10.2. The van der Waals surface area contributed by atoms with Crippen molar-refractivity contribution in [2.45, 2.75) is 32.4 Å². The van der Waals surface area contributed by atoms with Crippen molar-refractivity contribution in [1.82, 2.24) is 9.55 Å². The lowest BCUT2D eigenvalue weighted by Gasteiger charge is -2.12. The van der Waals surface area contributed by atoms with Gasteiger partial charge in [-0.15, -0.1) is 0 Å². The number of carbonyl (C=O) groups excluding carboxylic acids is 1. The first-order valence-electron chi connectivity index (χ1n) is 6.02. The Hall–Kier alpha value is -1.88. The SMILES string of the molecule is CCc1nc2ccccc2n1CC(O)CC(N)=O. The molecule has 1 unspecified atom stereocenters. The molecule has 2 aromatic rings. The first-order chi connectivity index (χ1) is 8.61. The molecule has 0 bridgehead atoms. The van der Waals surface area contributed by atoms with Crippen molar-refractivity contribution in [3.63, 3.8) is 0 Å². The Balaban J connectivity index is 2.33. The maximum absolute atomic E-state index is 10.8. The van der Waals surface area contributed by atoms with Gasteiger partial charge in [-0.2, -0.15) is 0 Å². The normalized spacial score (nSPS) is 12.8. The van der Waals surface area contributed by atoms with Crippen LogP contribution in [-0.4, -0.2) is 26.7 Å². The summed E-state index contributed by atoms with van der Waals surface area (Å²) >= 11 is 0. The summed E-state index contributed by atoms with van der Waals surface area (Å²) in [5, 5.41) is 9.82. The van der Waals surface area contributed by atoms with Crippen molar-refractivity contribution < 1.29 is 9.90 Å². The molecule has 5 nitrogen and oxygen atoms in total. The number of benzene rings is 1. The minimum absolute atomic E-state index is 0.0321. The van der Waals surface area contributed by atoms with Gasteiger partial charge in [-0.3, -0.25) is 4.79 Å². The van der Waals surface area contributed by atoms with E-state index < -0.39 is 12.0 Å². The molecule has 0 aliphatic carbocycles. The molecule has 0 aliphatic heterocycles. The van der Waals surface area contributed by atoms with Gasteiger partial charge in [0.1, 0.15) is 5.82 Å². The number of hydrogen-bond acceptors (Lipinski definition) is 3. The highest BCUT2D eigenvalue weighted by Crippen LogP contribution is 2.17. The third kappa shape index (κ3) is 2.51. The van der Waals surface area contributed by atoms with E-state index in [2.05, 4.69) is 4.98 Å². The van der Waals surface area contributed by atoms with Crippen molar-refractivity contribution >= 4 is 16.9 Å². The summed E-state index contributed by atoms with van der Waals surface area (Å²) in [4.78, 5) is 15.3. The van der Waals surface area contributed by atoms with E-state index in [9.17, 15) is 9.90 Å². The van der Waals surface area contributed by atoms with Crippen LogP contribution < -0.4 is 5.73 Å². The van der Waals surface area contributed by atoms with Crippen LogP contribution in [0.1, 0.15) is 19.2 Å². The number of amides is 1. The second-order valence-corrected chi connectivity index (χ2v) is 4.31. The van der Waals surface area contributed by atoms with E-state index in [1.54, 1.807) is 0 Å². The van der Waals surface area contributed by atoms with Crippen molar-refractivity contribution in [3.8, 4) is 0 Å². The van der Waals surface area contributed by atoms with E-state index >= 15 is 0 Å². The molecule has 5 heteroatoms. The molecule has 0 saturated heterocycles. The highest BCUT2D eigenvalue weighted by atomic mass is 16.3. The molecule has 1 atom stereocenters. The predicted octanol–water partition coefficient (Wildman–Crippen LogP) is 0.835. The van der Waals surface area contributed by atoms with Gasteiger partial charge in [0, 0.05) is 6.42 Å². The highest BCUT2D eigenvalue weighted by molar-refractivity contribution is 5.76. The number of rotatable bonds is 5. The molecule has 0 aliphatic rings. The number of nitrogens with two attached hydrogens (primary N) is 1. The van der Waals surface area contributed by atoms with Crippen LogP contribution in [0.4, 0.5) is 0 Å². The summed E-state index contributed by atoms with van der Waals surface area (Å²) in [7, 11) is 0. The minimum atomic E-state index is -0.773. The van der Waals surface area contributed by atoms with Crippen LogP contribution in [0.5, 0.6) is 0 Å². The summed E-state index contributed by atoms with van der Waals surface area (Å²) in [6.45, 7) is 2.35. The van der Waals surface area contributed by atoms with Gasteiger partial charge in [0.2, 0.25) is 5.91 Å². The molecule has 18 heavy (non-hydrogen) atoms. The first kappa shape index (κ1) is 12.6. The zero-order valence-corrected chi connectivity index (χ0v) is 10.3. The summed E-state index contributed by atoms with van der Waals surface area (Å²) < 4.78 is 1.95. The third-order valence-corrected chi connectivity index (χ3v) is 2.88. The monoisotopic (exact) mass is 247 g/mol. The van der Waals surface area contributed by atoms with Gasteiger partial charge in [0.25, 0.3) is 0 Å². The number of fused-ring (bicyclic) bond motifs is 1. The lowest BCUT2D eigenvalue weighted by Crippen LogP contribution is -2.24. The quantitative estimate of drug-likeness (QED) is 0.821. The lowest BCUT2D eigenvalue weighted by molar-refractivity contribution is -0.120. The summed E-state index contributed by atoms with van der Waals surface area (Å²) in [6, 6.07) is 7.75. The van der Waals surface area contributed by atoms with Crippen LogP contribution in [0.2, 0.25) is 0 Å². The fourth-order valence-corrected chi connectivity index (χ4v) is 2.11. The summed E-state index contributed by atoms with van der Waals surface area (Å²) in [5.41, 5.74) is 6.96. The average molecular weight is 247 g/mol. The third-order valence-electron chi connectivity index (χ3n) is 2.88. The van der Waals surface area contributed by atoms with Crippen molar-refractivity contribution in [3.05, 3.63) is 30.1 Å². The Morgan fingerprint density at radius 1 is 1.50 bits per heavy atom. The Labute approximate surface area is 105 Å². The number of hydrogen-bond donors (Lipinski definition) is 2. The number of aryl methyl sites for hydroxylation is 1. The molecule has 3 N–H and O–H groups in total. The number of nitrogens with zero attached hydrogens (tertiary/aromatic N) is 2. The molecule has 0 radical (unpaired) electrons. The number of aliphatic hydroxyl groups excluding tert-OH is 1. The largest absolute Gasteiger partial charge is 0.391 e. The molecule has 0 fully saturated rings. The second-order valence-electron chi connectivity index (χ2n) is 4.31. The molecule has 0 saturated carbocycles. The Bertz CT molecular complexity index is 562. The second kappa shape index (κ2) is 5.18. The number of aromatic nitrogens is 2. The van der Waals surface area contributed by atoms with Gasteiger partial charge < -0.3 is 15.4 Å². The number of para-hydroxylation sites is 2. The van der Waals surface area contributed by atoms with E-state index in [0.717, 1.165) is 23.3 Å². The zero-order valence-electron chi connectivity index (χ0n) is 10.3. The van der Waals surface area contributed by atoms with Gasteiger partial charge in [-0.25, -0.2) is 4.98 Å². The fraction of sp³-hybridized carbons (Fsp3) is 0.385. The van der Waals surface area contributed by atoms with Gasteiger partial charge in [0.05, 0.1) is 30.1 Å². The Morgan fingerprint density at radius 2 is 2.22 bits per heavy atom. The summed E-state index contributed by atoms with van der Waals surface area (Å²) in [6.07, 6.45) is -0.0291. The van der Waals surface area contributed by atoms with Crippen molar-refractivity contribution in [2.24, 2.45) is 5.73 Å². The number of primary amides is 1. The molecule has 0 spiro atoms. The van der Waals surface area contributed by atoms with E-state index in [4.69, 9.17) is 5.73 Å². The molecular formula is C13H17N3O2. The van der Waals surface area contributed by atoms with Gasteiger partial charge in [-0.05, 0) is 12.1 Å². The molecular weight excluding hydrogens is 230 g/mol. The van der Waals surface area contributed by atoms with Crippen molar-refractivity contribution in [1.29, 1.82) is 0 Å². The molecule has 1 aromatic heterocycles.